The molecule has 0 bridgehead atoms. The number of nitrogens with zero attached hydrogens (tertiary/aromatic N) is 5. The molecule has 1 spiro atoms. The van der Waals surface area contributed by atoms with Gasteiger partial charge in [0, 0.05) is 24.8 Å². The maximum Gasteiger partial charge on any atom is 0.206 e. The molecule has 0 aliphatic carbocycles. The van der Waals surface area contributed by atoms with Crippen molar-refractivity contribution in [3.63, 3.8) is 0 Å². The first-order valence-electron chi connectivity index (χ1n) is 10.1. The van der Waals surface area contributed by atoms with Crippen molar-refractivity contribution in [3.8, 4) is 6.07 Å². The first kappa shape index (κ1) is 17.2. The highest BCUT2D eigenvalue weighted by Gasteiger charge is 2.38. The van der Waals surface area contributed by atoms with Crippen molar-refractivity contribution in [2.24, 2.45) is 0 Å². The Morgan fingerprint density at radius 3 is 2.82 bits per heavy atom. The van der Waals surface area contributed by atoms with Crippen LogP contribution < -0.4 is 10.2 Å². The van der Waals surface area contributed by atoms with Gasteiger partial charge in [-0.25, -0.2) is 4.98 Å². The molecule has 3 aromatic rings. The van der Waals surface area contributed by atoms with Crippen molar-refractivity contribution in [1.29, 1.82) is 5.26 Å². The number of piperidine rings is 1. The van der Waals surface area contributed by atoms with Crippen LogP contribution >= 0.6 is 0 Å². The molecular formula is C22H24N6. The Morgan fingerprint density at radius 2 is 2.04 bits per heavy atom. The van der Waals surface area contributed by atoms with E-state index in [0.717, 1.165) is 42.3 Å². The van der Waals surface area contributed by atoms with Crippen molar-refractivity contribution < 1.29 is 0 Å². The van der Waals surface area contributed by atoms with Crippen LogP contribution in [-0.4, -0.2) is 39.7 Å². The van der Waals surface area contributed by atoms with Gasteiger partial charge in [0.25, 0.3) is 0 Å². The van der Waals surface area contributed by atoms with Gasteiger partial charge in [-0.05, 0) is 56.5 Å². The molecule has 2 aliphatic heterocycles. The molecule has 142 valence electrons. The first-order valence-corrected chi connectivity index (χ1v) is 10.1. The summed E-state index contributed by atoms with van der Waals surface area (Å²) in [4.78, 5) is 11.9. The van der Waals surface area contributed by atoms with Crippen molar-refractivity contribution in [1.82, 2.24) is 19.9 Å². The highest BCUT2D eigenvalue weighted by atomic mass is 15.3. The molecule has 28 heavy (non-hydrogen) atoms. The molecule has 1 N–H and O–H groups in total. The number of hydrogen-bond donors (Lipinski definition) is 1. The van der Waals surface area contributed by atoms with Crippen LogP contribution in [0.25, 0.3) is 11.0 Å². The van der Waals surface area contributed by atoms with Gasteiger partial charge in [0.1, 0.15) is 6.07 Å². The summed E-state index contributed by atoms with van der Waals surface area (Å²) in [5.74, 6) is 1.03. The summed E-state index contributed by atoms with van der Waals surface area (Å²) in [7, 11) is 0. The fourth-order valence-corrected chi connectivity index (χ4v) is 4.73. The van der Waals surface area contributed by atoms with Crippen LogP contribution in [0.15, 0.2) is 42.6 Å². The minimum atomic E-state index is 0.244. The lowest BCUT2D eigenvalue weighted by Gasteiger charge is -2.41. The number of aromatic nitrogens is 3. The summed E-state index contributed by atoms with van der Waals surface area (Å²) in [6.45, 7) is 3.82. The third kappa shape index (κ3) is 3.02. The lowest BCUT2D eigenvalue weighted by molar-refractivity contribution is 0.305. The Kier molecular flexibility index (Phi) is 4.25. The number of hydrogen-bond acceptors (Lipinski definition) is 5. The smallest absolute Gasteiger partial charge is 0.206 e. The van der Waals surface area contributed by atoms with E-state index >= 15 is 0 Å². The number of imidazole rings is 1. The molecule has 0 amide bonds. The van der Waals surface area contributed by atoms with E-state index in [4.69, 9.17) is 10.2 Å². The number of anilines is 1. The third-order valence-corrected chi connectivity index (χ3v) is 6.10. The molecular weight excluding hydrogens is 348 g/mol. The van der Waals surface area contributed by atoms with Crippen molar-refractivity contribution in [2.75, 3.05) is 24.5 Å². The summed E-state index contributed by atoms with van der Waals surface area (Å²) in [6.07, 6.45) is 6.60. The Morgan fingerprint density at radius 1 is 1.14 bits per heavy atom. The highest BCUT2D eigenvalue weighted by Crippen LogP contribution is 2.33. The zero-order chi connectivity index (χ0) is 19.0. The highest BCUT2D eigenvalue weighted by molar-refractivity contribution is 5.79. The predicted molar refractivity (Wildman–Crippen MR) is 109 cm³/mol. The Labute approximate surface area is 164 Å². The van der Waals surface area contributed by atoms with Crippen LogP contribution in [0.4, 0.5) is 5.95 Å². The van der Waals surface area contributed by atoms with E-state index in [1.165, 1.54) is 25.7 Å². The van der Waals surface area contributed by atoms with E-state index in [0.29, 0.717) is 12.1 Å². The van der Waals surface area contributed by atoms with E-state index < -0.39 is 0 Å². The molecule has 0 saturated carbocycles. The SMILES string of the molecule is N#Cc1ccc(Cn2c(N3CCC[C@]4(CCCN4)C3)nc3ccccc32)nc1. The molecule has 0 radical (unpaired) electrons. The Balaban J connectivity index is 1.53. The molecule has 4 heterocycles. The average Bonchev–Trinajstić information content (AvgIpc) is 3.34. The molecule has 2 fully saturated rings. The zero-order valence-corrected chi connectivity index (χ0v) is 15.9. The summed E-state index contributed by atoms with van der Waals surface area (Å²) in [5, 5.41) is 12.8. The second-order valence-electron chi connectivity index (χ2n) is 7.97. The van der Waals surface area contributed by atoms with Gasteiger partial charge in [-0.15, -0.1) is 0 Å². The molecule has 1 atom stereocenters. The molecule has 0 unspecified atom stereocenters. The van der Waals surface area contributed by atoms with E-state index in [1.807, 2.05) is 18.2 Å². The van der Waals surface area contributed by atoms with Crippen LogP contribution in [0.5, 0.6) is 0 Å². The van der Waals surface area contributed by atoms with Gasteiger partial charge in [-0.1, -0.05) is 12.1 Å². The second-order valence-corrected chi connectivity index (χ2v) is 7.97. The van der Waals surface area contributed by atoms with Gasteiger partial charge in [0.15, 0.2) is 0 Å². The molecule has 2 aromatic heterocycles. The van der Waals surface area contributed by atoms with Gasteiger partial charge in [-0.2, -0.15) is 5.26 Å². The number of nitriles is 1. The number of nitrogens with one attached hydrogen (secondary N) is 1. The van der Waals surface area contributed by atoms with Crippen LogP contribution in [0.1, 0.15) is 36.9 Å². The summed E-state index contributed by atoms with van der Waals surface area (Å²) in [5.41, 5.74) is 3.92. The molecule has 5 rings (SSSR count). The molecule has 6 heteroatoms. The van der Waals surface area contributed by atoms with E-state index in [-0.39, 0.29) is 5.54 Å². The largest absolute Gasteiger partial charge is 0.340 e. The summed E-state index contributed by atoms with van der Waals surface area (Å²) >= 11 is 0. The topological polar surface area (TPSA) is 69.8 Å². The predicted octanol–water partition coefficient (Wildman–Crippen LogP) is 3.07. The monoisotopic (exact) mass is 372 g/mol. The van der Waals surface area contributed by atoms with Crippen molar-refractivity contribution >= 4 is 17.0 Å². The van der Waals surface area contributed by atoms with E-state index in [9.17, 15) is 0 Å². The quantitative estimate of drug-likeness (QED) is 0.765. The maximum atomic E-state index is 9.02. The summed E-state index contributed by atoms with van der Waals surface area (Å²) in [6, 6.07) is 14.2. The van der Waals surface area contributed by atoms with Gasteiger partial charge >= 0.3 is 0 Å². The van der Waals surface area contributed by atoms with Crippen LogP contribution in [0.3, 0.4) is 0 Å². The summed E-state index contributed by atoms with van der Waals surface area (Å²) < 4.78 is 2.28. The van der Waals surface area contributed by atoms with Gasteiger partial charge in [0.05, 0.1) is 28.8 Å². The number of fused-ring (bicyclic) bond motifs is 1. The lowest BCUT2D eigenvalue weighted by Crippen LogP contribution is -2.54. The second kappa shape index (κ2) is 6.92. The number of para-hydroxylation sites is 2. The van der Waals surface area contributed by atoms with Crippen molar-refractivity contribution in [2.45, 2.75) is 37.8 Å². The number of pyridine rings is 1. The lowest BCUT2D eigenvalue weighted by atomic mass is 9.88. The molecule has 6 nitrogen and oxygen atoms in total. The third-order valence-electron chi connectivity index (χ3n) is 6.10. The van der Waals surface area contributed by atoms with Gasteiger partial charge in [-0.3, -0.25) is 4.98 Å². The van der Waals surface area contributed by atoms with Crippen LogP contribution in [0, 0.1) is 11.3 Å². The standard InChI is InChI=1S/C22H24N6/c23-13-17-7-8-18(24-14-17)15-28-20-6-2-1-5-19(20)26-21(28)27-12-4-10-22(16-27)9-3-11-25-22/h1-2,5-8,14,25H,3-4,9-12,15-16H2/t22-/m1/s1. The van der Waals surface area contributed by atoms with E-state index in [1.54, 1.807) is 6.20 Å². The molecule has 1 aromatic carbocycles. The van der Waals surface area contributed by atoms with Crippen molar-refractivity contribution in [3.05, 3.63) is 53.9 Å². The fraction of sp³-hybridized carbons (Fsp3) is 0.409. The average molecular weight is 372 g/mol. The number of rotatable bonds is 3. The van der Waals surface area contributed by atoms with Crippen LogP contribution in [0.2, 0.25) is 0 Å². The van der Waals surface area contributed by atoms with Gasteiger partial charge < -0.3 is 14.8 Å². The minimum Gasteiger partial charge on any atom is -0.340 e. The van der Waals surface area contributed by atoms with Gasteiger partial charge in [0.2, 0.25) is 5.95 Å². The van der Waals surface area contributed by atoms with E-state index in [2.05, 4.69) is 44.0 Å². The first-order chi connectivity index (χ1) is 13.8. The minimum absolute atomic E-state index is 0.244. The zero-order valence-electron chi connectivity index (χ0n) is 15.9. The van der Waals surface area contributed by atoms with Crippen LogP contribution in [-0.2, 0) is 6.54 Å². The molecule has 2 saturated heterocycles. The number of benzene rings is 1. The normalized spacial score (nSPS) is 22.0. The Bertz CT molecular complexity index is 1020. The maximum absolute atomic E-state index is 9.02. The molecule has 2 aliphatic rings. The fourth-order valence-electron chi connectivity index (χ4n) is 4.73. The Hall–Kier alpha value is -2.91.